The Labute approximate surface area is 137 Å². The number of urea groups is 1. The molecule has 2 rings (SSSR count). The van der Waals surface area contributed by atoms with Crippen LogP contribution in [0.25, 0.3) is 0 Å². The van der Waals surface area contributed by atoms with Crippen LogP contribution in [-0.4, -0.2) is 70.3 Å². The SMILES string of the molecule is C[C@H]1CCSCCN1C(=O)NC[C@H](c1cnn(C)c1)N(C)C. The third-order valence-corrected chi connectivity index (χ3v) is 5.12. The van der Waals surface area contributed by atoms with Crippen LogP contribution < -0.4 is 5.32 Å². The highest BCUT2D eigenvalue weighted by Crippen LogP contribution is 2.18. The molecular formula is C15H27N5OS. The van der Waals surface area contributed by atoms with Crippen LogP contribution in [0.2, 0.25) is 0 Å². The summed E-state index contributed by atoms with van der Waals surface area (Å²) in [5.41, 5.74) is 1.12. The van der Waals surface area contributed by atoms with Gasteiger partial charge in [-0.25, -0.2) is 4.79 Å². The quantitative estimate of drug-likeness (QED) is 0.913. The summed E-state index contributed by atoms with van der Waals surface area (Å²) in [6, 6.07) is 0.492. The molecule has 0 saturated carbocycles. The number of rotatable bonds is 4. The molecule has 0 aliphatic carbocycles. The van der Waals surface area contributed by atoms with E-state index in [0.29, 0.717) is 12.6 Å². The van der Waals surface area contributed by atoms with Gasteiger partial charge in [0.25, 0.3) is 0 Å². The lowest BCUT2D eigenvalue weighted by atomic mass is 10.1. The predicted molar refractivity (Wildman–Crippen MR) is 91.1 cm³/mol. The fraction of sp³-hybridized carbons (Fsp3) is 0.733. The molecule has 7 heteroatoms. The first-order valence-electron chi connectivity index (χ1n) is 7.76. The van der Waals surface area contributed by atoms with E-state index >= 15 is 0 Å². The smallest absolute Gasteiger partial charge is 0.317 e. The number of aryl methyl sites for hydroxylation is 1. The van der Waals surface area contributed by atoms with Gasteiger partial charge < -0.3 is 15.1 Å². The highest BCUT2D eigenvalue weighted by atomic mass is 32.2. The van der Waals surface area contributed by atoms with Gasteiger partial charge in [-0.3, -0.25) is 4.68 Å². The molecule has 2 atom stereocenters. The fourth-order valence-electron chi connectivity index (χ4n) is 2.69. The minimum atomic E-state index is 0.0470. The summed E-state index contributed by atoms with van der Waals surface area (Å²) in [5, 5.41) is 7.32. The van der Waals surface area contributed by atoms with E-state index < -0.39 is 0 Å². The number of amides is 2. The zero-order valence-electron chi connectivity index (χ0n) is 14.0. The number of carbonyl (C=O) groups is 1. The van der Waals surface area contributed by atoms with Crippen molar-refractivity contribution >= 4 is 17.8 Å². The Hall–Kier alpha value is -1.21. The van der Waals surface area contributed by atoms with Crippen LogP contribution in [0.15, 0.2) is 12.4 Å². The maximum absolute atomic E-state index is 12.5. The Balaban J connectivity index is 1.95. The van der Waals surface area contributed by atoms with Gasteiger partial charge in [-0.1, -0.05) is 0 Å². The molecule has 6 nitrogen and oxygen atoms in total. The minimum Gasteiger partial charge on any atom is -0.336 e. The second kappa shape index (κ2) is 7.87. The molecule has 0 bridgehead atoms. The van der Waals surface area contributed by atoms with Crippen molar-refractivity contribution in [2.45, 2.75) is 25.4 Å². The van der Waals surface area contributed by atoms with Crippen molar-refractivity contribution in [3.8, 4) is 0 Å². The van der Waals surface area contributed by atoms with Gasteiger partial charge in [0, 0.05) is 43.7 Å². The minimum absolute atomic E-state index is 0.0470. The Kier molecular flexibility index (Phi) is 6.14. The normalized spacial score (nSPS) is 20.8. The van der Waals surface area contributed by atoms with Crippen LogP contribution in [0, 0.1) is 0 Å². The predicted octanol–water partition coefficient (Wildman–Crippen LogP) is 1.56. The van der Waals surface area contributed by atoms with Crippen molar-refractivity contribution < 1.29 is 4.79 Å². The molecule has 1 N–H and O–H groups in total. The summed E-state index contributed by atoms with van der Waals surface area (Å²) < 4.78 is 1.79. The highest BCUT2D eigenvalue weighted by Gasteiger charge is 2.23. The molecule has 2 amide bonds. The van der Waals surface area contributed by atoms with E-state index in [9.17, 15) is 4.79 Å². The largest absolute Gasteiger partial charge is 0.336 e. The van der Waals surface area contributed by atoms with Gasteiger partial charge in [0.05, 0.1) is 12.2 Å². The van der Waals surface area contributed by atoms with Gasteiger partial charge >= 0.3 is 6.03 Å². The summed E-state index contributed by atoms with van der Waals surface area (Å²) >= 11 is 1.93. The second-order valence-electron chi connectivity index (χ2n) is 6.06. The molecule has 22 heavy (non-hydrogen) atoms. The average Bonchev–Trinajstić information content (AvgIpc) is 2.76. The van der Waals surface area contributed by atoms with E-state index in [2.05, 4.69) is 22.2 Å². The number of thioether (sulfide) groups is 1. The lowest BCUT2D eigenvalue weighted by molar-refractivity contribution is 0.178. The van der Waals surface area contributed by atoms with Crippen molar-refractivity contribution in [2.24, 2.45) is 7.05 Å². The standard InChI is InChI=1S/C15H27N5OS/c1-12-5-7-22-8-6-20(12)15(21)16-10-14(18(2)3)13-9-17-19(4)11-13/h9,11-12,14H,5-8,10H2,1-4H3,(H,16,21)/t12-,14+/m0/s1. The molecule has 2 heterocycles. The van der Waals surface area contributed by atoms with E-state index in [1.807, 2.05) is 50.2 Å². The van der Waals surface area contributed by atoms with Gasteiger partial charge in [-0.05, 0) is 33.2 Å². The molecule has 1 aliphatic rings. The maximum Gasteiger partial charge on any atom is 0.317 e. The summed E-state index contributed by atoms with van der Waals surface area (Å²) in [6.45, 7) is 3.56. The molecule has 1 aromatic heterocycles. The van der Waals surface area contributed by atoms with Gasteiger partial charge in [0.2, 0.25) is 0 Å². The van der Waals surface area contributed by atoms with Crippen molar-refractivity contribution in [1.82, 2.24) is 24.9 Å². The summed E-state index contributed by atoms with van der Waals surface area (Å²) in [7, 11) is 5.95. The molecule has 1 saturated heterocycles. The molecule has 1 fully saturated rings. The zero-order valence-corrected chi connectivity index (χ0v) is 14.8. The zero-order chi connectivity index (χ0) is 16.1. The molecular weight excluding hydrogens is 298 g/mol. The fourth-order valence-corrected chi connectivity index (χ4v) is 3.73. The third-order valence-electron chi connectivity index (χ3n) is 4.13. The van der Waals surface area contributed by atoms with Crippen LogP contribution in [0.1, 0.15) is 24.9 Å². The number of hydrogen-bond donors (Lipinski definition) is 1. The van der Waals surface area contributed by atoms with Crippen LogP contribution in [0.4, 0.5) is 4.79 Å². The molecule has 0 spiro atoms. The van der Waals surface area contributed by atoms with E-state index in [-0.39, 0.29) is 12.1 Å². The van der Waals surface area contributed by atoms with Gasteiger partial charge in [0.1, 0.15) is 0 Å². The van der Waals surface area contributed by atoms with Crippen molar-refractivity contribution in [3.05, 3.63) is 18.0 Å². The molecule has 1 aromatic rings. The van der Waals surface area contributed by atoms with Crippen LogP contribution >= 0.6 is 11.8 Å². The lowest BCUT2D eigenvalue weighted by Crippen LogP contribution is -2.47. The first-order chi connectivity index (χ1) is 10.5. The number of carbonyl (C=O) groups excluding carboxylic acids is 1. The summed E-state index contributed by atoms with van der Waals surface area (Å²) in [6.07, 6.45) is 4.93. The monoisotopic (exact) mass is 325 g/mol. The number of nitrogens with zero attached hydrogens (tertiary/aromatic N) is 4. The summed E-state index contributed by atoms with van der Waals surface area (Å²) in [5.74, 6) is 2.17. The lowest BCUT2D eigenvalue weighted by Gasteiger charge is -2.29. The first kappa shape index (κ1) is 17.1. The van der Waals surface area contributed by atoms with E-state index in [1.165, 1.54) is 0 Å². The Bertz CT molecular complexity index is 490. The highest BCUT2D eigenvalue weighted by molar-refractivity contribution is 7.99. The second-order valence-corrected chi connectivity index (χ2v) is 7.28. The van der Waals surface area contributed by atoms with Crippen molar-refractivity contribution in [3.63, 3.8) is 0 Å². The third kappa shape index (κ3) is 4.39. The van der Waals surface area contributed by atoms with E-state index in [1.54, 1.807) is 4.68 Å². The van der Waals surface area contributed by atoms with Gasteiger partial charge in [-0.15, -0.1) is 0 Å². The Morgan fingerprint density at radius 2 is 2.32 bits per heavy atom. The Morgan fingerprint density at radius 3 is 2.95 bits per heavy atom. The van der Waals surface area contributed by atoms with Crippen LogP contribution in [-0.2, 0) is 7.05 Å². The van der Waals surface area contributed by atoms with Crippen LogP contribution in [0.5, 0.6) is 0 Å². The van der Waals surface area contributed by atoms with Crippen molar-refractivity contribution in [2.75, 3.05) is 38.7 Å². The molecule has 1 aliphatic heterocycles. The molecule has 0 radical (unpaired) electrons. The van der Waals surface area contributed by atoms with Gasteiger partial charge in [0.15, 0.2) is 0 Å². The topological polar surface area (TPSA) is 53.4 Å². The number of nitrogens with one attached hydrogen (secondary N) is 1. The molecule has 0 unspecified atom stereocenters. The van der Waals surface area contributed by atoms with Gasteiger partial charge in [-0.2, -0.15) is 16.9 Å². The number of aromatic nitrogens is 2. The Morgan fingerprint density at radius 1 is 1.55 bits per heavy atom. The van der Waals surface area contributed by atoms with Crippen molar-refractivity contribution in [1.29, 1.82) is 0 Å². The average molecular weight is 325 g/mol. The molecule has 124 valence electrons. The van der Waals surface area contributed by atoms with E-state index in [4.69, 9.17) is 0 Å². The number of hydrogen-bond acceptors (Lipinski definition) is 4. The van der Waals surface area contributed by atoms with Crippen LogP contribution in [0.3, 0.4) is 0 Å². The summed E-state index contributed by atoms with van der Waals surface area (Å²) in [4.78, 5) is 16.6. The molecule has 0 aromatic carbocycles. The first-order valence-corrected chi connectivity index (χ1v) is 8.91. The maximum atomic E-state index is 12.5. The number of likely N-dealkylation sites (N-methyl/N-ethyl adjacent to an activating group) is 1. The van der Waals surface area contributed by atoms with E-state index in [0.717, 1.165) is 30.0 Å².